The number of piperazine rings is 1. The van der Waals surface area contributed by atoms with Crippen LogP contribution >= 0.6 is 11.6 Å². The first-order chi connectivity index (χ1) is 11.5. The van der Waals surface area contributed by atoms with E-state index in [9.17, 15) is 4.79 Å². The maximum absolute atomic E-state index is 12.6. The number of carbonyl (C=O) groups is 1. The molecule has 5 heteroatoms. The van der Waals surface area contributed by atoms with E-state index in [1.807, 2.05) is 17.0 Å². The molecule has 1 aromatic carbocycles. The van der Waals surface area contributed by atoms with E-state index in [0.29, 0.717) is 17.0 Å². The maximum Gasteiger partial charge on any atom is 0.253 e. The summed E-state index contributed by atoms with van der Waals surface area (Å²) in [5, 5.41) is 0.673. The zero-order chi connectivity index (χ0) is 17.1. The Morgan fingerprint density at radius 1 is 1.12 bits per heavy atom. The molecular weight excluding hydrogens is 322 g/mol. The molecule has 0 aliphatic carbocycles. The highest BCUT2D eigenvalue weighted by molar-refractivity contribution is 6.30. The second-order valence-electron chi connectivity index (χ2n) is 7.35. The lowest BCUT2D eigenvalue weighted by molar-refractivity contribution is 0.0556. The fourth-order valence-electron chi connectivity index (χ4n) is 3.87. The van der Waals surface area contributed by atoms with Gasteiger partial charge in [-0.1, -0.05) is 11.6 Å². The smallest absolute Gasteiger partial charge is 0.253 e. The van der Waals surface area contributed by atoms with E-state index < -0.39 is 0 Å². The van der Waals surface area contributed by atoms with E-state index in [4.69, 9.17) is 11.6 Å². The molecule has 0 radical (unpaired) electrons. The number of hydrogen-bond donors (Lipinski definition) is 0. The molecule has 2 saturated heterocycles. The SMILES string of the molecule is CC1CN(C)CCN1CC1CCN(C(=O)c2ccc(Cl)cc2)CC1. The highest BCUT2D eigenvalue weighted by Gasteiger charge is 2.28. The van der Waals surface area contributed by atoms with Crippen LogP contribution in [0.25, 0.3) is 0 Å². The summed E-state index contributed by atoms with van der Waals surface area (Å²) < 4.78 is 0. The Morgan fingerprint density at radius 2 is 1.79 bits per heavy atom. The molecule has 1 aromatic rings. The molecular formula is C19H28ClN3O. The van der Waals surface area contributed by atoms with Crippen LogP contribution in [0.3, 0.4) is 0 Å². The summed E-state index contributed by atoms with van der Waals surface area (Å²) in [5.41, 5.74) is 0.741. The molecule has 2 heterocycles. The van der Waals surface area contributed by atoms with Gasteiger partial charge in [0.1, 0.15) is 0 Å². The number of benzene rings is 1. The van der Waals surface area contributed by atoms with Crippen molar-refractivity contribution in [3.8, 4) is 0 Å². The van der Waals surface area contributed by atoms with Crippen molar-refractivity contribution in [3.63, 3.8) is 0 Å². The van der Waals surface area contributed by atoms with Crippen LogP contribution in [0.2, 0.25) is 5.02 Å². The Balaban J connectivity index is 1.49. The minimum Gasteiger partial charge on any atom is -0.339 e. The van der Waals surface area contributed by atoms with Gasteiger partial charge in [-0.15, -0.1) is 0 Å². The predicted octanol–water partition coefficient (Wildman–Crippen LogP) is 2.83. The molecule has 2 aliphatic rings. The standard InChI is InChI=1S/C19H28ClN3O/c1-15-13-21(2)11-12-23(15)14-16-7-9-22(10-8-16)19(24)17-3-5-18(20)6-4-17/h3-6,15-16H,7-14H2,1-2H3. The summed E-state index contributed by atoms with van der Waals surface area (Å²) in [4.78, 5) is 19.6. The van der Waals surface area contributed by atoms with Crippen LogP contribution in [0.1, 0.15) is 30.1 Å². The number of hydrogen-bond acceptors (Lipinski definition) is 3. The van der Waals surface area contributed by atoms with E-state index in [1.165, 1.54) is 13.1 Å². The van der Waals surface area contributed by atoms with Crippen molar-refractivity contribution in [2.45, 2.75) is 25.8 Å². The van der Waals surface area contributed by atoms with Crippen molar-refractivity contribution in [3.05, 3.63) is 34.9 Å². The van der Waals surface area contributed by atoms with Gasteiger partial charge in [0.05, 0.1) is 0 Å². The minimum absolute atomic E-state index is 0.137. The number of halogens is 1. The second-order valence-corrected chi connectivity index (χ2v) is 7.79. The van der Waals surface area contributed by atoms with Crippen LogP contribution in [0.4, 0.5) is 0 Å². The van der Waals surface area contributed by atoms with Gasteiger partial charge in [0.25, 0.3) is 5.91 Å². The van der Waals surface area contributed by atoms with Gasteiger partial charge in [-0.05, 0) is 57.0 Å². The van der Waals surface area contributed by atoms with Crippen LogP contribution in [-0.4, -0.2) is 73.0 Å². The third-order valence-corrected chi connectivity index (χ3v) is 5.71. The number of nitrogens with zero attached hydrogens (tertiary/aromatic N) is 3. The van der Waals surface area contributed by atoms with Gasteiger partial charge in [0.15, 0.2) is 0 Å². The maximum atomic E-state index is 12.6. The molecule has 0 bridgehead atoms. The largest absolute Gasteiger partial charge is 0.339 e. The normalized spacial score (nSPS) is 24.3. The number of carbonyl (C=O) groups excluding carboxylic acids is 1. The number of rotatable bonds is 3. The molecule has 1 amide bonds. The first-order valence-electron chi connectivity index (χ1n) is 9.00. The highest BCUT2D eigenvalue weighted by atomic mass is 35.5. The third kappa shape index (κ3) is 4.29. The molecule has 0 N–H and O–H groups in total. The van der Waals surface area contributed by atoms with Gasteiger partial charge in [-0.25, -0.2) is 0 Å². The van der Waals surface area contributed by atoms with Crippen LogP contribution in [0.5, 0.6) is 0 Å². The number of piperidine rings is 1. The summed E-state index contributed by atoms with van der Waals surface area (Å²) in [6, 6.07) is 7.86. The first kappa shape index (κ1) is 17.7. The van der Waals surface area contributed by atoms with Gasteiger partial charge in [-0.2, -0.15) is 0 Å². The van der Waals surface area contributed by atoms with Gasteiger partial charge in [0, 0.05) is 55.9 Å². The molecule has 24 heavy (non-hydrogen) atoms. The van der Waals surface area contributed by atoms with Crippen molar-refractivity contribution >= 4 is 17.5 Å². The van der Waals surface area contributed by atoms with Crippen LogP contribution in [0, 0.1) is 5.92 Å². The van der Waals surface area contributed by atoms with Crippen molar-refractivity contribution in [1.29, 1.82) is 0 Å². The Hall–Kier alpha value is -1.10. The van der Waals surface area contributed by atoms with E-state index in [-0.39, 0.29) is 5.91 Å². The summed E-state index contributed by atoms with van der Waals surface area (Å²) in [5.74, 6) is 0.850. The minimum atomic E-state index is 0.137. The molecule has 3 rings (SSSR count). The highest BCUT2D eigenvalue weighted by Crippen LogP contribution is 2.22. The molecule has 2 fully saturated rings. The Labute approximate surface area is 150 Å². The number of amides is 1. The topological polar surface area (TPSA) is 26.8 Å². The lowest BCUT2D eigenvalue weighted by Crippen LogP contribution is -2.52. The number of likely N-dealkylation sites (tertiary alicyclic amines) is 1. The summed E-state index contributed by atoms with van der Waals surface area (Å²) in [6.45, 7) is 8.74. The predicted molar refractivity (Wildman–Crippen MR) is 98.6 cm³/mol. The molecule has 0 saturated carbocycles. The zero-order valence-corrected chi connectivity index (χ0v) is 15.5. The van der Waals surface area contributed by atoms with Crippen LogP contribution < -0.4 is 0 Å². The van der Waals surface area contributed by atoms with Crippen molar-refractivity contribution in [1.82, 2.24) is 14.7 Å². The lowest BCUT2D eigenvalue weighted by atomic mass is 9.94. The van der Waals surface area contributed by atoms with Crippen molar-refractivity contribution < 1.29 is 4.79 Å². The molecule has 132 valence electrons. The molecule has 0 aromatic heterocycles. The summed E-state index contributed by atoms with van der Waals surface area (Å²) >= 11 is 5.90. The second kappa shape index (κ2) is 7.85. The molecule has 2 aliphatic heterocycles. The van der Waals surface area contributed by atoms with Gasteiger partial charge >= 0.3 is 0 Å². The summed E-state index contributed by atoms with van der Waals surface area (Å²) in [6.07, 6.45) is 2.22. The van der Waals surface area contributed by atoms with E-state index in [1.54, 1.807) is 12.1 Å². The third-order valence-electron chi connectivity index (χ3n) is 5.45. The zero-order valence-electron chi connectivity index (χ0n) is 14.7. The van der Waals surface area contributed by atoms with E-state index in [2.05, 4.69) is 23.8 Å². The number of likely N-dealkylation sites (N-methyl/N-ethyl adjacent to an activating group) is 1. The Morgan fingerprint density at radius 3 is 2.42 bits per heavy atom. The van der Waals surface area contributed by atoms with Crippen molar-refractivity contribution in [2.24, 2.45) is 5.92 Å². The Kier molecular flexibility index (Phi) is 5.80. The molecule has 0 spiro atoms. The van der Waals surface area contributed by atoms with E-state index >= 15 is 0 Å². The average molecular weight is 350 g/mol. The van der Waals surface area contributed by atoms with Gasteiger partial charge in [0.2, 0.25) is 0 Å². The molecule has 1 unspecified atom stereocenters. The van der Waals surface area contributed by atoms with Crippen LogP contribution in [-0.2, 0) is 0 Å². The summed E-state index contributed by atoms with van der Waals surface area (Å²) in [7, 11) is 2.20. The fourth-order valence-corrected chi connectivity index (χ4v) is 4.00. The van der Waals surface area contributed by atoms with Crippen molar-refractivity contribution in [2.75, 3.05) is 46.3 Å². The van der Waals surface area contributed by atoms with E-state index in [0.717, 1.165) is 44.6 Å². The fraction of sp³-hybridized carbons (Fsp3) is 0.632. The monoisotopic (exact) mass is 349 g/mol. The quantitative estimate of drug-likeness (QED) is 0.839. The molecule has 4 nitrogen and oxygen atoms in total. The van der Waals surface area contributed by atoms with Gasteiger partial charge < -0.3 is 9.80 Å². The molecule has 1 atom stereocenters. The van der Waals surface area contributed by atoms with Gasteiger partial charge in [-0.3, -0.25) is 9.69 Å². The first-order valence-corrected chi connectivity index (χ1v) is 9.38. The average Bonchev–Trinajstić information content (AvgIpc) is 2.58. The Bertz CT molecular complexity index is 554. The van der Waals surface area contributed by atoms with Crippen LogP contribution in [0.15, 0.2) is 24.3 Å². The lowest BCUT2D eigenvalue weighted by Gasteiger charge is -2.41.